The van der Waals surface area contributed by atoms with Gasteiger partial charge in [0.1, 0.15) is 0 Å². The van der Waals surface area contributed by atoms with E-state index in [0.717, 1.165) is 48.3 Å². The second-order valence-electron chi connectivity index (χ2n) is 6.73. The molecule has 1 saturated heterocycles. The van der Waals surface area contributed by atoms with Gasteiger partial charge in [0, 0.05) is 36.3 Å². The molecule has 3 nitrogen and oxygen atoms in total. The maximum Gasteiger partial charge on any atom is 0.254 e. The van der Waals surface area contributed by atoms with Crippen molar-refractivity contribution < 1.29 is 4.79 Å². The fourth-order valence-corrected chi connectivity index (χ4v) is 3.36. The SMILES string of the molecule is O=C1c2ccc(C#Cc3ccccc3)cc2CCN1CCN1CCC1. The van der Waals surface area contributed by atoms with Crippen LogP contribution < -0.4 is 0 Å². The lowest BCUT2D eigenvalue weighted by Crippen LogP contribution is -2.46. The average molecular weight is 330 g/mol. The first-order valence-corrected chi connectivity index (χ1v) is 9.01. The minimum atomic E-state index is 0.171. The van der Waals surface area contributed by atoms with Crippen molar-refractivity contribution in [3.8, 4) is 11.8 Å². The number of fused-ring (bicyclic) bond motifs is 1. The third-order valence-corrected chi connectivity index (χ3v) is 5.03. The fourth-order valence-electron chi connectivity index (χ4n) is 3.36. The van der Waals surface area contributed by atoms with Crippen LogP contribution >= 0.6 is 0 Å². The highest BCUT2D eigenvalue weighted by atomic mass is 16.2. The Labute approximate surface area is 149 Å². The molecule has 0 N–H and O–H groups in total. The van der Waals surface area contributed by atoms with Crippen LogP contribution in [0.15, 0.2) is 48.5 Å². The van der Waals surface area contributed by atoms with Crippen molar-refractivity contribution in [2.75, 3.05) is 32.7 Å². The van der Waals surface area contributed by atoms with Gasteiger partial charge in [-0.2, -0.15) is 0 Å². The fraction of sp³-hybridized carbons (Fsp3) is 0.318. The Balaban J connectivity index is 1.46. The molecule has 2 aromatic carbocycles. The number of nitrogens with zero attached hydrogens (tertiary/aromatic N) is 2. The lowest BCUT2D eigenvalue weighted by molar-refractivity contribution is 0.0696. The van der Waals surface area contributed by atoms with Crippen LogP contribution in [0.3, 0.4) is 0 Å². The Bertz CT molecular complexity index is 828. The largest absolute Gasteiger partial charge is 0.337 e. The van der Waals surface area contributed by atoms with Gasteiger partial charge in [0.2, 0.25) is 0 Å². The normalized spacial score (nSPS) is 16.6. The molecule has 0 radical (unpaired) electrons. The number of carbonyl (C=O) groups is 1. The van der Waals surface area contributed by atoms with E-state index in [1.165, 1.54) is 19.5 Å². The number of benzene rings is 2. The molecular formula is C22H22N2O. The molecule has 3 heteroatoms. The molecule has 0 aromatic heterocycles. The summed E-state index contributed by atoms with van der Waals surface area (Å²) in [5.41, 5.74) is 3.96. The lowest BCUT2D eigenvalue weighted by Gasteiger charge is -2.35. The Kier molecular flexibility index (Phi) is 4.54. The molecular weight excluding hydrogens is 308 g/mol. The second kappa shape index (κ2) is 7.13. The van der Waals surface area contributed by atoms with Crippen molar-refractivity contribution in [1.29, 1.82) is 0 Å². The molecule has 25 heavy (non-hydrogen) atoms. The van der Waals surface area contributed by atoms with E-state index in [0.29, 0.717) is 0 Å². The van der Waals surface area contributed by atoms with Crippen molar-refractivity contribution in [3.63, 3.8) is 0 Å². The van der Waals surface area contributed by atoms with Crippen LogP contribution in [0.2, 0.25) is 0 Å². The van der Waals surface area contributed by atoms with Crippen molar-refractivity contribution in [3.05, 3.63) is 70.8 Å². The maximum absolute atomic E-state index is 12.7. The quantitative estimate of drug-likeness (QED) is 0.808. The van der Waals surface area contributed by atoms with E-state index in [1.807, 2.05) is 47.4 Å². The summed E-state index contributed by atoms with van der Waals surface area (Å²) in [4.78, 5) is 17.1. The summed E-state index contributed by atoms with van der Waals surface area (Å²) in [6, 6.07) is 16.0. The van der Waals surface area contributed by atoms with Gasteiger partial charge in [-0.25, -0.2) is 0 Å². The number of likely N-dealkylation sites (tertiary alicyclic amines) is 1. The van der Waals surface area contributed by atoms with Gasteiger partial charge in [0.25, 0.3) is 5.91 Å². The second-order valence-corrected chi connectivity index (χ2v) is 6.73. The van der Waals surface area contributed by atoms with Crippen molar-refractivity contribution in [1.82, 2.24) is 9.80 Å². The first-order chi connectivity index (χ1) is 12.3. The Morgan fingerprint density at radius 2 is 1.68 bits per heavy atom. The zero-order valence-corrected chi connectivity index (χ0v) is 14.4. The number of carbonyl (C=O) groups excluding carboxylic acids is 1. The molecule has 2 aliphatic rings. The van der Waals surface area contributed by atoms with Gasteiger partial charge in [-0.3, -0.25) is 4.79 Å². The Hall–Kier alpha value is -2.57. The summed E-state index contributed by atoms with van der Waals surface area (Å²) in [5.74, 6) is 6.56. The van der Waals surface area contributed by atoms with E-state index in [4.69, 9.17) is 0 Å². The van der Waals surface area contributed by atoms with Gasteiger partial charge in [-0.1, -0.05) is 30.0 Å². The third kappa shape index (κ3) is 3.60. The number of hydrogen-bond donors (Lipinski definition) is 0. The van der Waals surface area contributed by atoms with E-state index >= 15 is 0 Å². The highest BCUT2D eigenvalue weighted by Crippen LogP contribution is 2.20. The molecule has 0 atom stereocenters. The molecule has 0 unspecified atom stereocenters. The van der Waals surface area contributed by atoms with Crippen LogP contribution in [0.4, 0.5) is 0 Å². The molecule has 0 bridgehead atoms. The highest BCUT2D eigenvalue weighted by molar-refractivity contribution is 5.97. The lowest BCUT2D eigenvalue weighted by atomic mass is 9.96. The predicted molar refractivity (Wildman–Crippen MR) is 99.5 cm³/mol. The van der Waals surface area contributed by atoms with Crippen molar-refractivity contribution in [2.45, 2.75) is 12.8 Å². The van der Waals surface area contributed by atoms with Gasteiger partial charge in [-0.15, -0.1) is 0 Å². The number of amides is 1. The topological polar surface area (TPSA) is 23.6 Å². The summed E-state index contributed by atoms with van der Waals surface area (Å²) in [7, 11) is 0. The van der Waals surface area contributed by atoms with Crippen LogP contribution in [-0.4, -0.2) is 48.4 Å². The highest BCUT2D eigenvalue weighted by Gasteiger charge is 2.25. The first-order valence-electron chi connectivity index (χ1n) is 9.01. The van der Waals surface area contributed by atoms with Crippen LogP contribution in [0.5, 0.6) is 0 Å². The zero-order valence-electron chi connectivity index (χ0n) is 14.4. The Morgan fingerprint density at radius 1 is 0.880 bits per heavy atom. The monoisotopic (exact) mass is 330 g/mol. The predicted octanol–water partition coefficient (Wildman–Crippen LogP) is 2.79. The summed E-state index contributed by atoms with van der Waals surface area (Å²) in [5, 5.41) is 0. The number of rotatable bonds is 3. The minimum Gasteiger partial charge on any atom is -0.337 e. The first kappa shape index (κ1) is 15.9. The van der Waals surface area contributed by atoms with E-state index in [-0.39, 0.29) is 5.91 Å². The summed E-state index contributed by atoms with van der Waals surface area (Å²) < 4.78 is 0. The third-order valence-electron chi connectivity index (χ3n) is 5.03. The zero-order chi connectivity index (χ0) is 17.1. The smallest absolute Gasteiger partial charge is 0.254 e. The summed E-state index contributed by atoms with van der Waals surface area (Å²) in [6.07, 6.45) is 2.21. The Morgan fingerprint density at radius 3 is 2.44 bits per heavy atom. The minimum absolute atomic E-state index is 0.171. The molecule has 1 fully saturated rings. The van der Waals surface area contributed by atoms with Crippen molar-refractivity contribution >= 4 is 5.91 Å². The van der Waals surface area contributed by atoms with Crippen LogP contribution in [-0.2, 0) is 6.42 Å². The van der Waals surface area contributed by atoms with Gasteiger partial charge < -0.3 is 9.80 Å². The molecule has 4 rings (SSSR count). The van der Waals surface area contributed by atoms with Gasteiger partial charge in [0.05, 0.1) is 0 Å². The van der Waals surface area contributed by atoms with E-state index in [2.05, 4.69) is 22.8 Å². The van der Waals surface area contributed by atoms with E-state index < -0.39 is 0 Å². The average Bonchev–Trinajstić information content (AvgIpc) is 2.61. The van der Waals surface area contributed by atoms with Crippen LogP contribution in [0.25, 0.3) is 0 Å². The molecule has 0 saturated carbocycles. The molecule has 1 amide bonds. The molecule has 126 valence electrons. The van der Waals surface area contributed by atoms with Crippen molar-refractivity contribution in [2.24, 2.45) is 0 Å². The van der Waals surface area contributed by atoms with E-state index in [1.54, 1.807) is 0 Å². The standard InChI is InChI=1S/C22H22N2O/c25-22-21-10-9-19(8-7-18-5-2-1-3-6-18)17-20(21)11-14-24(22)16-15-23-12-4-13-23/h1-3,5-6,9-10,17H,4,11-16H2. The summed E-state index contributed by atoms with van der Waals surface area (Å²) >= 11 is 0. The molecule has 0 aliphatic carbocycles. The van der Waals surface area contributed by atoms with Gasteiger partial charge in [-0.05, 0) is 61.8 Å². The van der Waals surface area contributed by atoms with Gasteiger partial charge in [0.15, 0.2) is 0 Å². The number of hydrogen-bond acceptors (Lipinski definition) is 2. The summed E-state index contributed by atoms with van der Waals surface area (Å²) in [6.45, 7) is 5.02. The molecule has 2 heterocycles. The van der Waals surface area contributed by atoms with Crippen LogP contribution in [0.1, 0.15) is 33.5 Å². The molecule has 2 aromatic rings. The van der Waals surface area contributed by atoms with E-state index in [9.17, 15) is 4.79 Å². The molecule has 0 spiro atoms. The van der Waals surface area contributed by atoms with Gasteiger partial charge >= 0.3 is 0 Å². The maximum atomic E-state index is 12.7. The van der Waals surface area contributed by atoms with Crippen LogP contribution in [0, 0.1) is 11.8 Å². The molecule has 2 aliphatic heterocycles.